The summed E-state index contributed by atoms with van der Waals surface area (Å²) in [5, 5.41) is 7.80. The third-order valence-electron chi connectivity index (χ3n) is 3.37. The van der Waals surface area contributed by atoms with Crippen LogP contribution < -0.4 is 15.4 Å². The van der Waals surface area contributed by atoms with Crippen LogP contribution in [0, 0.1) is 19.3 Å². The first-order chi connectivity index (χ1) is 9.93. The second-order valence-electron chi connectivity index (χ2n) is 4.95. The molecule has 0 fully saturated rings. The highest BCUT2D eigenvalue weighted by atomic mass is 16.5. The lowest BCUT2D eigenvalue weighted by atomic mass is 10.1. The molecule has 1 aromatic heterocycles. The zero-order chi connectivity index (χ0) is 15.6. The molecule has 1 aromatic carbocycles. The quantitative estimate of drug-likeness (QED) is 0.668. The van der Waals surface area contributed by atoms with Crippen LogP contribution in [0.1, 0.15) is 16.8 Å². The third kappa shape index (κ3) is 2.97. The molecule has 0 saturated carbocycles. The van der Waals surface area contributed by atoms with Crippen molar-refractivity contribution in [2.24, 2.45) is 5.73 Å². The van der Waals surface area contributed by atoms with Crippen LogP contribution in [-0.2, 0) is 0 Å². The van der Waals surface area contributed by atoms with E-state index in [9.17, 15) is 0 Å². The van der Waals surface area contributed by atoms with Crippen molar-refractivity contribution >= 4 is 17.3 Å². The highest BCUT2D eigenvalue weighted by Gasteiger charge is 2.16. The smallest absolute Gasteiger partial charge is 0.144 e. The van der Waals surface area contributed by atoms with Gasteiger partial charge >= 0.3 is 0 Å². The normalized spacial score (nSPS) is 10.3. The van der Waals surface area contributed by atoms with Crippen LogP contribution in [-0.4, -0.2) is 25.0 Å². The minimum absolute atomic E-state index is 0.0235. The number of nitrogens with zero attached hydrogens (tertiary/aromatic N) is 2. The number of amidine groups is 1. The Morgan fingerprint density at radius 1 is 1.24 bits per heavy atom. The molecule has 3 N–H and O–H groups in total. The number of pyridine rings is 1. The van der Waals surface area contributed by atoms with E-state index in [0.29, 0.717) is 11.4 Å². The molecule has 0 amide bonds. The first-order valence-electron chi connectivity index (χ1n) is 6.64. The predicted molar refractivity (Wildman–Crippen MR) is 85.8 cm³/mol. The fraction of sp³-hybridized carbons (Fsp3) is 0.250. The summed E-state index contributed by atoms with van der Waals surface area (Å²) in [6, 6.07) is 9.61. The Bertz CT molecular complexity index is 665. The number of aryl methyl sites for hydroxylation is 2. The van der Waals surface area contributed by atoms with E-state index in [-0.39, 0.29) is 5.84 Å². The van der Waals surface area contributed by atoms with Crippen LogP contribution in [0.15, 0.2) is 30.3 Å². The topological polar surface area (TPSA) is 75.2 Å². The molecule has 0 aliphatic heterocycles. The van der Waals surface area contributed by atoms with Crippen LogP contribution in [0.2, 0.25) is 0 Å². The fourth-order valence-electron chi connectivity index (χ4n) is 2.32. The first-order valence-corrected chi connectivity index (χ1v) is 6.64. The maximum absolute atomic E-state index is 7.80. The van der Waals surface area contributed by atoms with E-state index < -0.39 is 0 Å². The molecule has 0 atom stereocenters. The van der Waals surface area contributed by atoms with Gasteiger partial charge in [-0.3, -0.25) is 5.41 Å². The third-order valence-corrected chi connectivity index (χ3v) is 3.37. The summed E-state index contributed by atoms with van der Waals surface area (Å²) in [6.07, 6.45) is 0. The number of rotatable bonds is 4. The second kappa shape index (κ2) is 5.83. The van der Waals surface area contributed by atoms with Gasteiger partial charge in [0, 0.05) is 18.4 Å². The number of nitrogens with two attached hydrogens (primary N) is 1. The minimum Gasteiger partial charge on any atom is -0.497 e. The van der Waals surface area contributed by atoms with E-state index in [1.165, 1.54) is 0 Å². The van der Waals surface area contributed by atoms with Gasteiger partial charge in [-0.05, 0) is 49.7 Å². The van der Waals surface area contributed by atoms with Gasteiger partial charge < -0.3 is 15.4 Å². The molecule has 2 rings (SSSR count). The number of hydrogen-bond donors (Lipinski definition) is 2. The maximum atomic E-state index is 7.80. The van der Waals surface area contributed by atoms with Crippen molar-refractivity contribution < 1.29 is 4.74 Å². The lowest BCUT2D eigenvalue weighted by molar-refractivity contribution is 0.415. The summed E-state index contributed by atoms with van der Waals surface area (Å²) in [5.41, 5.74) is 9.19. The highest BCUT2D eigenvalue weighted by Crippen LogP contribution is 2.28. The van der Waals surface area contributed by atoms with Gasteiger partial charge in [0.25, 0.3) is 0 Å². The number of aromatic nitrogens is 1. The molecule has 2 aromatic rings. The van der Waals surface area contributed by atoms with Crippen molar-refractivity contribution in [1.82, 2.24) is 4.98 Å². The Morgan fingerprint density at radius 2 is 1.86 bits per heavy atom. The van der Waals surface area contributed by atoms with Crippen molar-refractivity contribution in [3.05, 3.63) is 47.2 Å². The Balaban J connectivity index is 2.51. The van der Waals surface area contributed by atoms with Crippen LogP contribution in [0.4, 0.5) is 11.5 Å². The lowest BCUT2D eigenvalue weighted by Crippen LogP contribution is -2.21. The summed E-state index contributed by atoms with van der Waals surface area (Å²) in [6.45, 7) is 3.87. The molecule has 0 bridgehead atoms. The van der Waals surface area contributed by atoms with Crippen molar-refractivity contribution in [3.8, 4) is 5.75 Å². The van der Waals surface area contributed by atoms with Gasteiger partial charge in [0.15, 0.2) is 0 Å². The predicted octanol–water partition coefficient (Wildman–Crippen LogP) is 2.76. The summed E-state index contributed by atoms with van der Waals surface area (Å²) in [7, 11) is 3.55. The molecule has 0 aliphatic carbocycles. The van der Waals surface area contributed by atoms with Gasteiger partial charge in [-0.2, -0.15) is 0 Å². The van der Waals surface area contributed by atoms with Crippen molar-refractivity contribution in [3.63, 3.8) is 0 Å². The second-order valence-corrected chi connectivity index (χ2v) is 4.95. The number of benzene rings is 1. The molecule has 21 heavy (non-hydrogen) atoms. The number of methoxy groups -OCH3 is 1. The Labute approximate surface area is 124 Å². The van der Waals surface area contributed by atoms with E-state index in [2.05, 4.69) is 4.98 Å². The Hall–Kier alpha value is -2.56. The number of hydrogen-bond acceptors (Lipinski definition) is 4. The SMILES string of the molecule is COc1ccc(N(C)c2nc(C)cc(C)c2C(=N)N)cc1. The van der Waals surface area contributed by atoms with Gasteiger partial charge in [0.1, 0.15) is 17.4 Å². The largest absolute Gasteiger partial charge is 0.497 e. The molecule has 0 spiro atoms. The Kier molecular flexibility index (Phi) is 4.12. The van der Waals surface area contributed by atoms with Crippen molar-refractivity contribution in [1.29, 1.82) is 5.41 Å². The van der Waals surface area contributed by atoms with Gasteiger partial charge in [0.2, 0.25) is 0 Å². The monoisotopic (exact) mass is 284 g/mol. The summed E-state index contributed by atoms with van der Waals surface area (Å²) < 4.78 is 5.17. The van der Waals surface area contributed by atoms with Gasteiger partial charge in [0.05, 0.1) is 12.7 Å². The molecule has 5 heteroatoms. The molecule has 0 aliphatic rings. The standard InChI is InChI=1S/C16H20N4O/c1-10-9-11(2)19-16(14(10)15(17)18)20(3)12-5-7-13(21-4)8-6-12/h5-9H,1-4H3,(H3,17,18). The molecular formula is C16H20N4O. The fourth-order valence-corrected chi connectivity index (χ4v) is 2.32. The zero-order valence-corrected chi connectivity index (χ0v) is 12.8. The number of nitrogens with one attached hydrogen (secondary N) is 1. The molecular weight excluding hydrogens is 264 g/mol. The molecule has 0 unspecified atom stereocenters. The van der Waals surface area contributed by atoms with Gasteiger partial charge in [-0.1, -0.05) is 0 Å². The van der Waals surface area contributed by atoms with Crippen LogP contribution >= 0.6 is 0 Å². The molecule has 5 nitrogen and oxygen atoms in total. The van der Waals surface area contributed by atoms with E-state index in [1.54, 1.807) is 7.11 Å². The van der Waals surface area contributed by atoms with E-state index in [4.69, 9.17) is 15.9 Å². The van der Waals surface area contributed by atoms with Gasteiger partial charge in [-0.25, -0.2) is 4.98 Å². The van der Waals surface area contributed by atoms with E-state index in [0.717, 1.165) is 22.7 Å². The molecule has 0 radical (unpaired) electrons. The van der Waals surface area contributed by atoms with Gasteiger partial charge in [-0.15, -0.1) is 0 Å². The van der Waals surface area contributed by atoms with E-state index >= 15 is 0 Å². The zero-order valence-electron chi connectivity index (χ0n) is 12.8. The minimum atomic E-state index is 0.0235. The van der Waals surface area contributed by atoms with E-state index in [1.807, 2.05) is 56.1 Å². The summed E-state index contributed by atoms with van der Waals surface area (Å²) in [5.74, 6) is 1.51. The maximum Gasteiger partial charge on any atom is 0.144 e. The van der Waals surface area contributed by atoms with Crippen molar-refractivity contribution in [2.45, 2.75) is 13.8 Å². The Morgan fingerprint density at radius 3 is 2.38 bits per heavy atom. The average molecular weight is 284 g/mol. The average Bonchev–Trinajstić information content (AvgIpc) is 2.45. The summed E-state index contributed by atoms with van der Waals surface area (Å²) >= 11 is 0. The molecule has 110 valence electrons. The lowest BCUT2D eigenvalue weighted by Gasteiger charge is -2.23. The number of nitrogen functional groups attached to an aromatic ring is 1. The van der Waals surface area contributed by atoms with Crippen LogP contribution in [0.3, 0.4) is 0 Å². The molecule has 0 saturated heterocycles. The van der Waals surface area contributed by atoms with Crippen LogP contribution in [0.5, 0.6) is 5.75 Å². The molecule has 1 heterocycles. The highest BCUT2D eigenvalue weighted by molar-refractivity contribution is 6.01. The first kappa shape index (κ1) is 14.8. The number of anilines is 2. The van der Waals surface area contributed by atoms with Crippen LogP contribution in [0.25, 0.3) is 0 Å². The summed E-state index contributed by atoms with van der Waals surface area (Å²) in [4.78, 5) is 6.47. The van der Waals surface area contributed by atoms with Crippen molar-refractivity contribution in [2.75, 3.05) is 19.1 Å². The number of ether oxygens (including phenoxy) is 1.